The molecule has 1 amide bonds. The number of pyridine rings is 1. The van der Waals surface area contributed by atoms with Crippen LogP contribution in [-0.2, 0) is 4.79 Å². The highest BCUT2D eigenvalue weighted by Gasteiger charge is 2.29. The Morgan fingerprint density at radius 3 is 2.67 bits per heavy atom. The zero-order valence-corrected chi connectivity index (χ0v) is 9.09. The normalized spacial score (nSPS) is 13.9. The van der Waals surface area contributed by atoms with Crippen molar-refractivity contribution < 1.29 is 24.7 Å². The van der Waals surface area contributed by atoms with E-state index >= 15 is 0 Å². The highest BCUT2D eigenvalue weighted by atomic mass is 16.6. The second kappa shape index (κ2) is 5.38. The van der Waals surface area contributed by atoms with Crippen molar-refractivity contribution >= 4 is 11.6 Å². The van der Waals surface area contributed by atoms with E-state index in [1.807, 2.05) is 0 Å². The number of rotatable bonds is 5. The molecule has 98 valence electrons. The maximum absolute atomic E-state index is 11.0. The van der Waals surface area contributed by atoms with E-state index in [9.17, 15) is 30.3 Å². The van der Waals surface area contributed by atoms with Gasteiger partial charge in [-0.1, -0.05) is 0 Å². The summed E-state index contributed by atoms with van der Waals surface area (Å²) >= 11 is 0. The van der Waals surface area contributed by atoms with E-state index in [2.05, 4.69) is 0 Å². The van der Waals surface area contributed by atoms with Crippen LogP contribution in [0.2, 0.25) is 0 Å². The molecule has 0 saturated heterocycles. The Hall–Kier alpha value is -2.26. The topological polar surface area (TPSA) is 154 Å². The summed E-state index contributed by atoms with van der Waals surface area (Å²) in [5.41, 5.74) is 3.91. The molecule has 0 bridgehead atoms. The van der Waals surface area contributed by atoms with Crippen molar-refractivity contribution in [2.45, 2.75) is 18.6 Å². The lowest BCUT2D eigenvalue weighted by Gasteiger charge is -2.15. The van der Waals surface area contributed by atoms with Gasteiger partial charge in [-0.3, -0.25) is 14.9 Å². The molecule has 1 aromatic rings. The monoisotopic (exact) mass is 257 g/mol. The van der Waals surface area contributed by atoms with Gasteiger partial charge in [-0.2, -0.15) is 4.73 Å². The third-order valence-electron chi connectivity index (χ3n) is 2.23. The van der Waals surface area contributed by atoms with Crippen LogP contribution >= 0.6 is 0 Å². The van der Waals surface area contributed by atoms with Gasteiger partial charge in [0.1, 0.15) is 11.7 Å². The van der Waals surface area contributed by atoms with Crippen LogP contribution < -0.4 is 10.5 Å². The first-order chi connectivity index (χ1) is 8.32. The van der Waals surface area contributed by atoms with Crippen LogP contribution in [0.3, 0.4) is 0 Å². The fraction of sp³-hybridized carbons (Fsp3) is 0.333. The minimum Gasteiger partial charge on any atom is -0.619 e. The Morgan fingerprint density at radius 2 is 2.17 bits per heavy atom. The van der Waals surface area contributed by atoms with Gasteiger partial charge in [0.15, 0.2) is 12.4 Å². The largest absolute Gasteiger partial charge is 0.619 e. The Morgan fingerprint density at radius 1 is 1.56 bits per heavy atom. The average Bonchev–Trinajstić information content (AvgIpc) is 2.26. The first kappa shape index (κ1) is 13.8. The van der Waals surface area contributed by atoms with Gasteiger partial charge in [0, 0.05) is 0 Å². The Labute approximate surface area is 101 Å². The van der Waals surface area contributed by atoms with Crippen molar-refractivity contribution in [3.05, 3.63) is 39.3 Å². The number of nitro groups is 1. The van der Waals surface area contributed by atoms with E-state index in [4.69, 9.17) is 5.73 Å². The first-order valence-corrected chi connectivity index (χ1v) is 4.84. The lowest BCUT2D eigenvalue weighted by Crippen LogP contribution is -2.30. The van der Waals surface area contributed by atoms with Gasteiger partial charge in [0.2, 0.25) is 5.91 Å². The maximum Gasteiger partial charge on any atom is 0.287 e. The zero-order valence-electron chi connectivity index (χ0n) is 9.09. The third-order valence-corrected chi connectivity index (χ3v) is 2.23. The van der Waals surface area contributed by atoms with Crippen LogP contribution in [0.1, 0.15) is 18.1 Å². The van der Waals surface area contributed by atoms with E-state index in [1.54, 1.807) is 0 Å². The number of hydrogen-bond acceptors (Lipinski definition) is 6. The highest BCUT2D eigenvalue weighted by molar-refractivity contribution is 5.74. The first-order valence-electron chi connectivity index (χ1n) is 4.84. The van der Waals surface area contributed by atoms with Gasteiger partial charge in [-0.05, 0) is 0 Å². The number of primary amides is 1. The Bertz CT molecular complexity index is 477. The molecule has 4 N–H and O–H groups in total. The predicted molar refractivity (Wildman–Crippen MR) is 56.8 cm³/mol. The molecular weight excluding hydrogens is 246 g/mol. The molecule has 18 heavy (non-hydrogen) atoms. The van der Waals surface area contributed by atoms with Crippen molar-refractivity contribution in [3.63, 3.8) is 0 Å². The van der Waals surface area contributed by atoms with E-state index in [0.29, 0.717) is 0 Å². The smallest absolute Gasteiger partial charge is 0.287 e. The van der Waals surface area contributed by atoms with E-state index in [0.717, 1.165) is 18.5 Å². The Balaban J connectivity index is 3.10. The summed E-state index contributed by atoms with van der Waals surface area (Å²) in [7, 11) is 0. The molecule has 0 fully saturated rings. The van der Waals surface area contributed by atoms with Crippen LogP contribution in [0.25, 0.3) is 0 Å². The number of aliphatic hydroxyl groups excluding tert-OH is 2. The van der Waals surface area contributed by atoms with E-state index < -0.39 is 35.1 Å². The lowest BCUT2D eigenvalue weighted by molar-refractivity contribution is -0.606. The number of nitrogens with zero attached hydrogens (tertiary/aromatic N) is 2. The fourth-order valence-corrected chi connectivity index (χ4v) is 1.41. The van der Waals surface area contributed by atoms with Crippen molar-refractivity contribution in [3.8, 4) is 0 Å². The minimum atomic E-state index is -1.75. The molecule has 0 aliphatic carbocycles. The number of nitrogens with two attached hydrogens (primary N) is 1. The van der Waals surface area contributed by atoms with Gasteiger partial charge >= 0.3 is 0 Å². The standard InChI is InChI=1S/C9H11N3O6/c10-8(14)3-7(13)9(15)5-4-11(16)2-1-6(5)12(17)18/h1-2,4,7,9,13,15H,3H2,(H2,10,14). The zero-order chi connectivity index (χ0) is 13.9. The summed E-state index contributed by atoms with van der Waals surface area (Å²) in [6.07, 6.45) is -2.31. The molecule has 0 aromatic carbocycles. The average molecular weight is 257 g/mol. The van der Waals surface area contributed by atoms with E-state index in [-0.39, 0.29) is 10.3 Å². The summed E-state index contributed by atoms with van der Waals surface area (Å²) in [6, 6.07) is 0.891. The van der Waals surface area contributed by atoms with Crippen molar-refractivity contribution in [1.29, 1.82) is 0 Å². The third kappa shape index (κ3) is 3.12. The van der Waals surface area contributed by atoms with Crippen molar-refractivity contribution in [1.82, 2.24) is 0 Å². The number of hydrogen-bond donors (Lipinski definition) is 3. The molecule has 1 rings (SSSR count). The molecule has 9 nitrogen and oxygen atoms in total. The van der Waals surface area contributed by atoms with Crippen LogP contribution in [-0.4, -0.2) is 27.1 Å². The quantitative estimate of drug-likeness (QED) is 0.252. The van der Waals surface area contributed by atoms with Gasteiger partial charge < -0.3 is 21.2 Å². The van der Waals surface area contributed by atoms with Crippen LogP contribution in [0, 0.1) is 15.3 Å². The second-order valence-corrected chi connectivity index (χ2v) is 3.59. The number of aliphatic hydroxyl groups is 2. The number of carbonyl (C=O) groups is 1. The molecule has 0 aliphatic heterocycles. The minimum absolute atomic E-state index is 0.239. The summed E-state index contributed by atoms with van der Waals surface area (Å²) in [5, 5.41) is 40.8. The predicted octanol–water partition coefficient (Wildman–Crippen LogP) is -1.50. The summed E-state index contributed by atoms with van der Waals surface area (Å²) < 4.78 is 0.239. The fourth-order valence-electron chi connectivity index (χ4n) is 1.41. The Kier molecular flexibility index (Phi) is 4.13. The highest BCUT2D eigenvalue weighted by Crippen LogP contribution is 2.26. The van der Waals surface area contributed by atoms with Crippen LogP contribution in [0.4, 0.5) is 5.69 Å². The summed E-state index contributed by atoms with van der Waals surface area (Å²) in [6.45, 7) is 0. The lowest BCUT2D eigenvalue weighted by atomic mass is 10.0. The molecule has 0 radical (unpaired) electrons. The molecule has 0 saturated carbocycles. The second-order valence-electron chi connectivity index (χ2n) is 3.59. The number of carbonyl (C=O) groups excluding carboxylic acids is 1. The molecule has 9 heteroatoms. The van der Waals surface area contributed by atoms with E-state index in [1.165, 1.54) is 0 Å². The van der Waals surface area contributed by atoms with Gasteiger partial charge in [0.25, 0.3) is 5.69 Å². The summed E-state index contributed by atoms with van der Waals surface area (Å²) in [5.74, 6) is -0.880. The maximum atomic E-state index is 11.0. The molecule has 0 aliphatic rings. The molecule has 1 aromatic heterocycles. The van der Waals surface area contributed by atoms with Crippen molar-refractivity contribution in [2.24, 2.45) is 5.73 Å². The van der Waals surface area contributed by atoms with Gasteiger partial charge in [0.05, 0.1) is 23.5 Å². The molecule has 0 spiro atoms. The molecule has 1 heterocycles. The SMILES string of the molecule is NC(=O)CC(O)C(O)c1c[n+]([O-])ccc1[N+](=O)[O-]. The van der Waals surface area contributed by atoms with Crippen LogP contribution in [0.5, 0.6) is 0 Å². The summed E-state index contributed by atoms with van der Waals surface area (Å²) in [4.78, 5) is 20.5. The number of aromatic nitrogens is 1. The molecule has 2 unspecified atom stereocenters. The van der Waals surface area contributed by atoms with Gasteiger partial charge in [-0.25, -0.2) is 0 Å². The van der Waals surface area contributed by atoms with Crippen molar-refractivity contribution in [2.75, 3.05) is 0 Å². The van der Waals surface area contributed by atoms with Gasteiger partial charge in [-0.15, -0.1) is 0 Å². The number of amides is 1. The molecule has 2 atom stereocenters. The van der Waals surface area contributed by atoms with Crippen LogP contribution in [0.15, 0.2) is 18.5 Å². The molecular formula is C9H11N3O6.